The summed E-state index contributed by atoms with van der Waals surface area (Å²) in [5, 5.41) is 8.73. The highest BCUT2D eigenvalue weighted by molar-refractivity contribution is 5.75. The van der Waals surface area contributed by atoms with Crippen LogP contribution in [0.4, 0.5) is 4.39 Å². The van der Waals surface area contributed by atoms with Crippen molar-refractivity contribution in [1.82, 2.24) is 9.97 Å². The van der Waals surface area contributed by atoms with E-state index in [0.29, 0.717) is 23.3 Å². The number of nitrogens with two attached hydrogens (primary N) is 1. The van der Waals surface area contributed by atoms with Crippen molar-refractivity contribution in [2.75, 3.05) is 6.61 Å². The smallest absolute Gasteiger partial charge is 0.151 e. The van der Waals surface area contributed by atoms with Gasteiger partial charge >= 0.3 is 0 Å². The van der Waals surface area contributed by atoms with Gasteiger partial charge in [-0.2, -0.15) is 0 Å². The molecule has 0 fully saturated rings. The summed E-state index contributed by atoms with van der Waals surface area (Å²) in [6.07, 6.45) is 0.404. The Morgan fingerprint density at radius 1 is 1.53 bits per heavy atom. The highest BCUT2D eigenvalue weighted by Gasteiger charge is 2.12. The summed E-state index contributed by atoms with van der Waals surface area (Å²) in [4.78, 5) is 7.00. The Bertz CT molecular complexity index is 469. The highest BCUT2D eigenvalue weighted by atomic mass is 19.1. The number of aromatic nitrogens is 2. The Balaban J connectivity index is 2.43. The number of aromatic amines is 1. The predicted octanol–water partition coefficient (Wildman–Crippen LogP) is 1.08. The van der Waals surface area contributed by atoms with E-state index in [1.54, 1.807) is 12.1 Å². The lowest BCUT2D eigenvalue weighted by atomic mass is 10.2. The molecular weight excluding hydrogens is 197 g/mol. The third-order valence-electron chi connectivity index (χ3n) is 2.27. The van der Waals surface area contributed by atoms with E-state index in [1.165, 1.54) is 6.07 Å². The summed E-state index contributed by atoms with van der Waals surface area (Å²) in [5.74, 6) is 0.135. The number of halogens is 1. The van der Waals surface area contributed by atoms with Gasteiger partial charge in [-0.05, 0) is 18.6 Å². The number of H-pyrrole nitrogens is 1. The van der Waals surface area contributed by atoms with Crippen molar-refractivity contribution in [3.05, 3.63) is 29.8 Å². The normalized spacial score (nSPS) is 13.3. The topological polar surface area (TPSA) is 74.9 Å². The van der Waals surface area contributed by atoms with E-state index in [-0.39, 0.29) is 18.5 Å². The van der Waals surface area contributed by atoms with Crippen LogP contribution in [-0.4, -0.2) is 21.7 Å². The maximum Gasteiger partial charge on any atom is 0.151 e. The molecule has 1 heterocycles. The van der Waals surface area contributed by atoms with Gasteiger partial charge < -0.3 is 15.8 Å². The Kier molecular flexibility index (Phi) is 2.66. The first-order chi connectivity index (χ1) is 7.22. The lowest BCUT2D eigenvalue weighted by Gasteiger charge is -2.04. The highest BCUT2D eigenvalue weighted by Crippen LogP contribution is 2.18. The Morgan fingerprint density at radius 2 is 2.33 bits per heavy atom. The number of aliphatic hydroxyl groups excluding tert-OH is 1. The fraction of sp³-hybridized carbons (Fsp3) is 0.300. The molecule has 15 heavy (non-hydrogen) atoms. The van der Waals surface area contributed by atoms with Crippen LogP contribution in [0.1, 0.15) is 18.3 Å². The zero-order valence-corrected chi connectivity index (χ0v) is 8.07. The van der Waals surface area contributed by atoms with Gasteiger partial charge in [0.05, 0.1) is 11.6 Å². The first-order valence-corrected chi connectivity index (χ1v) is 4.73. The molecule has 1 aromatic carbocycles. The van der Waals surface area contributed by atoms with Crippen LogP contribution >= 0.6 is 0 Å². The molecule has 4 nitrogen and oxygen atoms in total. The number of rotatable bonds is 3. The van der Waals surface area contributed by atoms with Crippen molar-refractivity contribution < 1.29 is 9.50 Å². The van der Waals surface area contributed by atoms with Gasteiger partial charge in [0.15, 0.2) is 5.82 Å². The van der Waals surface area contributed by atoms with E-state index < -0.39 is 0 Å². The molecule has 0 saturated heterocycles. The number of fused-ring (bicyclic) bond motifs is 1. The van der Waals surface area contributed by atoms with Crippen LogP contribution in [0, 0.1) is 5.82 Å². The van der Waals surface area contributed by atoms with Gasteiger partial charge in [0.25, 0.3) is 0 Å². The lowest BCUT2D eigenvalue weighted by molar-refractivity contribution is 0.275. The molecule has 80 valence electrons. The van der Waals surface area contributed by atoms with Gasteiger partial charge in [0.1, 0.15) is 11.3 Å². The number of nitrogens with one attached hydrogen (secondary N) is 1. The number of aliphatic hydroxyl groups is 1. The molecule has 4 N–H and O–H groups in total. The van der Waals surface area contributed by atoms with Crippen LogP contribution in [0.2, 0.25) is 0 Å². The van der Waals surface area contributed by atoms with Crippen LogP contribution in [0.3, 0.4) is 0 Å². The summed E-state index contributed by atoms with van der Waals surface area (Å²) < 4.78 is 13.3. The molecule has 0 aliphatic rings. The molecule has 0 amide bonds. The average molecular weight is 209 g/mol. The molecule has 5 heteroatoms. The molecule has 0 unspecified atom stereocenters. The molecule has 0 aliphatic carbocycles. The summed E-state index contributed by atoms with van der Waals surface area (Å²) in [7, 11) is 0. The molecular formula is C10H12FN3O. The summed E-state index contributed by atoms with van der Waals surface area (Å²) in [6, 6.07) is 4.31. The first-order valence-electron chi connectivity index (χ1n) is 4.73. The van der Waals surface area contributed by atoms with Crippen molar-refractivity contribution in [3.63, 3.8) is 0 Å². The second kappa shape index (κ2) is 3.96. The standard InChI is InChI=1S/C10H12FN3O/c11-6-2-1-3-8-9(6)14-10(13-8)7(12)4-5-15/h1-3,7,15H,4-5,12H2,(H,13,14)/t7-/m0/s1. The molecule has 0 radical (unpaired) electrons. The third-order valence-corrected chi connectivity index (χ3v) is 2.27. The Labute approximate surface area is 85.9 Å². The minimum atomic E-state index is -0.387. The average Bonchev–Trinajstić information content (AvgIpc) is 2.63. The maximum atomic E-state index is 13.3. The van der Waals surface area contributed by atoms with Crippen LogP contribution in [0.25, 0.3) is 11.0 Å². The van der Waals surface area contributed by atoms with Gasteiger partial charge in [-0.1, -0.05) is 6.07 Å². The monoisotopic (exact) mass is 209 g/mol. The molecule has 0 aliphatic heterocycles. The Hall–Kier alpha value is -1.46. The van der Waals surface area contributed by atoms with Gasteiger partial charge in [0.2, 0.25) is 0 Å². The fourth-order valence-corrected chi connectivity index (χ4v) is 1.47. The zero-order chi connectivity index (χ0) is 10.8. The molecule has 0 spiro atoms. The van der Waals surface area contributed by atoms with E-state index in [2.05, 4.69) is 9.97 Å². The minimum Gasteiger partial charge on any atom is -0.396 e. The van der Waals surface area contributed by atoms with E-state index in [4.69, 9.17) is 10.8 Å². The van der Waals surface area contributed by atoms with Crippen LogP contribution in [0.5, 0.6) is 0 Å². The summed E-state index contributed by atoms with van der Waals surface area (Å²) >= 11 is 0. The quantitative estimate of drug-likeness (QED) is 0.708. The molecule has 0 saturated carbocycles. The van der Waals surface area contributed by atoms with Gasteiger partial charge in [-0.15, -0.1) is 0 Å². The van der Waals surface area contributed by atoms with E-state index in [1.807, 2.05) is 0 Å². The number of benzene rings is 1. The molecule has 2 aromatic rings. The van der Waals surface area contributed by atoms with Gasteiger partial charge in [-0.25, -0.2) is 9.37 Å². The van der Waals surface area contributed by atoms with Gasteiger partial charge in [-0.3, -0.25) is 0 Å². The predicted molar refractivity (Wildman–Crippen MR) is 54.7 cm³/mol. The van der Waals surface area contributed by atoms with Crippen molar-refractivity contribution in [2.24, 2.45) is 5.73 Å². The third kappa shape index (κ3) is 1.84. The van der Waals surface area contributed by atoms with Crippen LogP contribution < -0.4 is 5.73 Å². The second-order valence-electron chi connectivity index (χ2n) is 3.38. The molecule has 0 bridgehead atoms. The largest absolute Gasteiger partial charge is 0.396 e. The summed E-state index contributed by atoms with van der Waals surface area (Å²) in [6.45, 7) is -0.0132. The molecule has 1 atom stereocenters. The van der Waals surface area contributed by atoms with E-state index in [0.717, 1.165) is 0 Å². The van der Waals surface area contributed by atoms with Crippen LogP contribution in [-0.2, 0) is 0 Å². The lowest BCUT2D eigenvalue weighted by Crippen LogP contribution is -2.13. The molecule has 1 aromatic heterocycles. The van der Waals surface area contributed by atoms with Crippen LogP contribution in [0.15, 0.2) is 18.2 Å². The van der Waals surface area contributed by atoms with Crippen molar-refractivity contribution in [2.45, 2.75) is 12.5 Å². The number of hydrogen-bond donors (Lipinski definition) is 3. The second-order valence-corrected chi connectivity index (χ2v) is 3.38. The van der Waals surface area contributed by atoms with Crippen molar-refractivity contribution >= 4 is 11.0 Å². The fourth-order valence-electron chi connectivity index (χ4n) is 1.47. The van der Waals surface area contributed by atoms with Gasteiger partial charge in [0, 0.05) is 6.61 Å². The van der Waals surface area contributed by atoms with E-state index >= 15 is 0 Å². The number of hydrogen-bond acceptors (Lipinski definition) is 3. The first kappa shape index (κ1) is 10.1. The Morgan fingerprint density at radius 3 is 3.00 bits per heavy atom. The molecule has 2 rings (SSSR count). The zero-order valence-electron chi connectivity index (χ0n) is 8.07. The van der Waals surface area contributed by atoms with Crippen molar-refractivity contribution in [1.29, 1.82) is 0 Å². The summed E-state index contributed by atoms with van der Waals surface area (Å²) in [5.41, 5.74) is 6.66. The minimum absolute atomic E-state index is 0.0132. The number of imidazole rings is 1. The number of nitrogens with zero attached hydrogens (tertiary/aromatic N) is 1. The SMILES string of the molecule is N[C@@H](CCO)c1nc2c(F)cccc2[nH]1. The van der Waals surface area contributed by atoms with Crippen molar-refractivity contribution in [3.8, 4) is 0 Å². The number of para-hydroxylation sites is 1. The van der Waals surface area contributed by atoms with E-state index in [9.17, 15) is 4.39 Å². The maximum absolute atomic E-state index is 13.3.